The van der Waals surface area contributed by atoms with Crippen LogP contribution in [-0.4, -0.2) is 48.6 Å². The average Bonchev–Trinajstić information content (AvgIpc) is 2.88. The topological polar surface area (TPSA) is 97.0 Å². The highest BCUT2D eigenvalue weighted by Crippen LogP contribution is 2.26. The Hall–Kier alpha value is -3.55. The SMILES string of the molecule is CCCCCCCCN(C(=O)CNC(=O)OC(C)(C)C)C(C(=O)Nc1ccc(OC)cc1)c1cccc(C)c1. The van der Waals surface area contributed by atoms with Gasteiger partial charge < -0.3 is 25.0 Å². The molecule has 0 aliphatic carbocycles. The van der Waals surface area contributed by atoms with E-state index in [4.69, 9.17) is 9.47 Å². The molecule has 1 unspecified atom stereocenters. The van der Waals surface area contributed by atoms with Gasteiger partial charge in [0.15, 0.2) is 0 Å². The molecule has 0 spiro atoms. The number of amides is 3. The van der Waals surface area contributed by atoms with Crippen LogP contribution in [0.25, 0.3) is 0 Å². The van der Waals surface area contributed by atoms with Gasteiger partial charge in [-0.15, -0.1) is 0 Å². The van der Waals surface area contributed by atoms with Crippen LogP contribution in [-0.2, 0) is 14.3 Å². The maximum atomic E-state index is 13.8. The molecule has 0 aliphatic rings. The molecule has 2 N–H and O–H groups in total. The molecule has 0 fully saturated rings. The molecule has 0 aromatic heterocycles. The van der Waals surface area contributed by atoms with E-state index >= 15 is 0 Å². The molecule has 2 aromatic carbocycles. The van der Waals surface area contributed by atoms with Crippen LogP contribution in [0, 0.1) is 6.92 Å². The van der Waals surface area contributed by atoms with Gasteiger partial charge in [0, 0.05) is 12.2 Å². The van der Waals surface area contributed by atoms with Crippen molar-refractivity contribution >= 4 is 23.6 Å². The summed E-state index contributed by atoms with van der Waals surface area (Å²) in [5.41, 5.74) is 1.59. The fraction of sp³-hybridized carbons (Fsp3) is 0.516. The number of benzene rings is 2. The summed E-state index contributed by atoms with van der Waals surface area (Å²) in [6.45, 7) is 9.51. The summed E-state index contributed by atoms with van der Waals surface area (Å²) in [6, 6.07) is 13.8. The van der Waals surface area contributed by atoms with Crippen molar-refractivity contribution in [2.24, 2.45) is 0 Å². The molecular formula is C31H45N3O5. The summed E-state index contributed by atoms with van der Waals surface area (Å²) in [7, 11) is 1.58. The van der Waals surface area contributed by atoms with Gasteiger partial charge >= 0.3 is 6.09 Å². The van der Waals surface area contributed by atoms with E-state index in [1.807, 2.05) is 31.2 Å². The van der Waals surface area contributed by atoms with Gasteiger partial charge in [-0.25, -0.2) is 4.79 Å². The lowest BCUT2D eigenvalue weighted by atomic mass is 10.0. The average molecular weight is 540 g/mol. The number of nitrogens with one attached hydrogen (secondary N) is 2. The highest BCUT2D eigenvalue weighted by molar-refractivity contribution is 5.98. The number of methoxy groups -OCH3 is 1. The number of nitrogens with zero attached hydrogens (tertiary/aromatic N) is 1. The second-order valence-electron chi connectivity index (χ2n) is 10.7. The minimum absolute atomic E-state index is 0.275. The quantitative estimate of drug-likeness (QED) is 0.271. The molecule has 0 bridgehead atoms. The van der Waals surface area contributed by atoms with Crippen LogP contribution in [0.15, 0.2) is 48.5 Å². The zero-order valence-electron chi connectivity index (χ0n) is 24.3. The molecule has 0 saturated heterocycles. The first kappa shape index (κ1) is 31.7. The zero-order chi connectivity index (χ0) is 28.8. The Bertz CT molecular complexity index is 1060. The lowest BCUT2D eigenvalue weighted by molar-refractivity contribution is -0.138. The Morgan fingerprint density at radius 3 is 2.23 bits per heavy atom. The number of ether oxygens (including phenoxy) is 2. The second kappa shape index (κ2) is 15.8. The van der Waals surface area contributed by atoms with E-state index < -0.39 is 17.7 Å². The second-order valence-corrected chi connectivity index (χ2v) is 10.7. The molecule has 0 heterocycles. The molecule has 2 rings (SSSR count). The van der Waals surface area contributed by atoms with Crippen LogP contribution in [0.3, 0.4) is 0 Å². The van der Waals surface area contributed by atoms with E-state index in [0.717, 1.165) is 37.7 Å². The normalized spacial score (nSPS) is 11.8. The molecule has 214 valence electrons. The van der Waals surface area contributed by atoms with Crippen molar-refractivity contribution in [1.82, 2.24) is 10.2 Å². The van der Waals surface area contributed by atoms with Gasteiger partial charge in [0.2, 0.25) is 5.91 Å². The van der Waals surface area contributed by atoms with E-state index in [2.05, 4.69) is 17.6 Å². The maximum Gasteiger partial charge on any atom is 0.408 e. The third kappa shape index (κ3) is 11.4. The predicted octanol–water partition coefficient (Wildman–Crippen LogP) is 6.40. The number of rotatable bonds is 14. The summed E-state index contributed by atoms with van der Waals surface area (Å²) in [5.74, 6) is -0.00972. The number of carbonyl (C=O) groups is 3. The largest absolute Gasteiger partial charge is 0.497 e. The molecule has 8 heteroatoms. The Kier molecular flexibility index (Phi) is 12.8. The van der Waals surface area contributed by atoms with Crippen molar-refractivity contribution in [3.8, 4) is 5.75 Å². The van der Waals surface area contributed by atoms with Gasteiger partial charge in [-0.1, -0.05) is 68.9 Å². The Morgan fingerprint density at radius 2 is 1.62 bits per heavy atom. The molecule has 0 radical (unpaired) electrons. The van der Waals surface area contributed by atoms with Crippen molar-refractivity contribution < 1.29 is 23.9 Å². The van der Waals surface area contributed by atoms with Crippen LogP contribution in [0.4, 0.5) is 10.5 Å². The Labute approximate surface area is 233 Å². The Morgan fingerprint density at radius 1 is 0.949 bits per heavy atom. The van der Waals surface area contributed by atoms with Crippen LogP contribution in [0.5, 0.6) is 5.75 Å². The van der Waals surface area contributed by atoms with Crippen LogP contribution in [0.2, 0.25) is 0 Å². The minimum Gasteiger partial charge on any atom is -0.497 e. The standard InChI is InChI=1S/C31H45N3O5/c1-7-8-9-10-11-12-20-34(27(35)22-32-30(37)39-31(3,4)5)28(24-15-13-14-23(2)21-24)29(36)33-25-16-18-26(38-6)19-17-25/h13-19,21,28H,7-12,20,22H2,1-6H3,(H,32,37)(H,33,36). The molecule has 3 amide bonds. The summed E-state index contributed by atoms with van der Waals surface area (Å²) in [6.07, 6.45) is 5.57. The van der Waals surface area contributed by atoms with Gasteiger partial charge in [0.1, 0.15) is 23.9 Å². The molecular weight excluding hydrogens is 494 g/mol. The van der Waals surface area contributed by atoms with Gasteiger partial charge in [-0.2, -0.15) is 0 Å². The lowest BCUT2D eigenvalue weighted by Crippen LogP contribution is -2.47. The summed E-state index contributed by atoms with van der Waals surface area (Å²) >= 11 is 0. The summed E-state index contributed by atoms with van der Waals surface area (Å²) < 4.78 is 10.5. The lowest BCUT2D eigenvalue weighted by Gasteiger charge is -2.32. The summed E-state index contributed by atoms with van der Waals surface area (Å²) in [4.78, 5) is 41.2. The molecule has 0 aliphatic heterocycles. The third-order valence-electron chi connectivity index (χ3n) is 6.13. The third-order valence-corrected chi connectivity index (χ3v) is 6.13. The molecule has 1 atom stereocenters. The van der Waals surface area contributed by atoms with E-state index in [1.165, 1.54) is 6.42 Å². The number of aryl methyl sites for hydroxylation is 1. The van der Waals surface area contributed by atoms with E-state index in [1.54, 1.807) is 57.0 Å². The van der Waals surface area contributed by atoms with Crippen molar-refractivity contribution in [2.45, 2.75) is 84.8 Å². The van der Waals surface area contributed by atoms with Crippen LogP contribution >= 0.6 is 0 Å². The fourth-order valence-corrected chi connectivity index (χ4v) is 4.22. The Balaban J connectivity index is 2.32. The summed E-state index contributed by atoms with van der Waals surface area (Å²) in [5, 5.41) is 5.52. The predicted molar refractivity (Wildman–Crippen MR) is 155 cm³/mol. The highest BCUT2D eigenvalue weighted by atomic mass is 16.6. The maximum absolute atomic E-state index is 13.8. The molecule has 39 heavy (non-hydrogen) atoms. The molecule has 0 saturated carbocycles. The van der Waals surface area contributed by atoms with E-state index in [0.29, 0.717) is 23.5 Å². The monoisotopic (exact) mass is 539 g/mol. The first-order chi connectivity index (χ1) is 18.5. The molecule has 8 nitrogen and oxygen atoms in total. The number of unbranched alkanes of at least 4 members (excludes halogenated alkanes) is 5. The van der Waals surface area contributed by atoms with Gasteiger partial charge in [0.05, 0.1) is 7.11 Å². The van der Waals surface area contributed by atoms with Crippen LogP contribution in [0.1, 0.15) is 83.4 Å². The smallest absolute Gasteiger partial charge is 0.408 e. The highest BCUT2D eigenvalue weighted by Gasteiger charge is 2.32. The van der Waals surface area contributed by atoms with E-state index in [9.17, 15) is 14.4 Å². The number of carbonyl (C=O) groups excluding carboxylic acids is 3. The zero-order valence-corrected chi connectivity index (χ0v) is 24.3. The number of anilines is 1. The van der Waals surface area contributed by atoms with Crippen LogP contribution < -0.4 is 15.4 Å². The number of alkyl carbamates (subject to hydrolysis) is 1. The fourth-order valence-electron chi connectivity index (χ4n) is 4.22. The first-order valence-corrected chi connectivity index (χ1v) is 13.8. The van der Waals surface area contributed by atoms with Gasteiger partial charge in [-0.05, 0) is 63.9 Å². The van der Waals surface area contributed by atoms with E-state index in [-0.39, 0.29) is 18.4 Å². The van der Waals surface area contributed by atoms with Crippen molar-refractivity contribution in [1.29, 1.82) is 0 Å². The molecule has 2 aromatic rings. The van der Waals surface area contributed by atoms with Crippen molar-refractivity contribution in [3.63, 3.8) is 0 Å². The van der Waals surface area contributed by atoms with Gasteiger partial charge in [-0.3, -0.25) is 9.59 Å². The van der Waals surface area contributed by atoms with Crippen molar-refractivity contribution in [3.05, 3.63) is 59.7 Å². The van der Waals surface area contributed by atoms with Gasteiger partial charge in [0.25, 0.3) is 5.91 Å². The first-order valence-electron chi connectivity index (χ1n) is 13.8. The number of hydrogen-bond acceptors (Lipinski definition) is 5. The minimum atomic E-state index is -0.879. The van der Waals surface area contributed by atoms with Crippen molar-refractivity contribution in [2.75, 3.05) is 25.5 Å². The number of hydrogen-bond donors (Lipinski definition) is 2.